The summed E-state index contributed by atoms with van der Waals surface area (Å²) in [7, 11) is 0. The molecule has 1 saturated carbocycles. The molecule has 1 aromatic heterocycles. The summed E-state index contributed by atoms with van der Waals surface area (Å²) in [5.41, 5.74) is 0.561. The van der Waals surface area contributed by atoms with E-state index in [1.165, 1.54) is 12.8 Å². The van der Waals surface area contributed by atoms with Gasteiger partial charge in [-0.05, 0) is 47.5 Å². The van der Waals surface area contributed by atoms with Crippen molar-refractivity contribution in [2.24, 2.45) is 0 Å². The van der Waals surface area contributed by atoms with Crippen molar-refractivity contribution in [3.8, 4) is 0 Å². The van der Waals surface area contributed by atoms with Crippen LogP contribution in [-0.4, -0.2) is 34.3 Å². The normalized spacial score (nSPS) is 24.2. The molecular weight excluding hydrogens is 286 g/mol. The predicted molar refractivity (Wildman–Crippen MR) is 85.2 cm³/mol. The van der Waals surface area contributed by atoms with Gasteiger partial charge in [-0.15, -0.1) is 0 Å². The topological polar surface area (TPSA) is 38.2 Å². The molecule has 5 heteroatoms. The molecule has 0 unspecified atom stereocenters. The Labute approximate surface area is 131 Å². The maximum atomic E-state index is 6.34. The van der Waals surface area contributed by atoms with Crippen LogP contribution in [0.15, 0.2) is 0 Å². The van der Waals surface area contributed by atoms with Crippen molar-refractivity contribution < 1.29 is 4.74 Å². The van der Waals surface area contributed by atoms with Crippen molar-refractivity contribution in [2.75, 3.05) is 18.0 Å². The lowest BCUT2D eigenvalue weighted by atomic mass is 9.98. The van der Waals surface area contributed by atoms with Gasteiger partial charge < -0.3 is 9.64 Å². The molecule has 2 fully saturated rings. The molecule has 1 saturated heterocycles. The molecule has 0 N–H and O–H groups in total. The molecule has 2 aliphatic rings. The van der Waals surface area contributed by atoms with Gasteiger partial charge in [0.25, 0.3) is 0 Å². The number of hydrogen-bond donors (Lipinski definition) is 0. The van der Waals surface area contributed by atoms with Gasteiger partial charge in [-0.1, -0.05) is 11.6 Å². The number of morpholine rings is 1. The Bertz CT molecular complexity index is 551. The minimum absolute atomic E-state index is 0.203. The first-order valence-electron chi connectivity index (χ1n) is 7.66. The van der Waals surface area contributed by atoms with Crippen LogP contribution in [0.4, 0.5) is 5.82 Å². The summed E-state index contributed by atoms with van der Waals surface area (Å²) in [5, 5.41) is 0.587. The van der Waals surface area contributed by atoms with Crippen molar-refractivity contribution in [3.63, 3.8) is 0 Å². The molecule has 0 aromatic carbocycles. The molecule has 1 aliphatic carbocycles. The van der Waals surface area contributed by atoms with Crippen molar-refractivity contribution in [1.82, 2.24) is 9.97 Å². The van der Waals surface area contributed by atoms with Gasteiger partial charge in [0, 0.05) is 24.6 Å². The molecule has 0 atom stereocenters. The van der Waals surface area contributed by atoms with Crippen LogP contribution in [-0.2, 0) is 4.74 Å². The number of halogens is 1. The second kappa shape index (κ2) is 4.82. The molecule has 4 nitrogen and oxygen atoms in total. The molecule has 1 aromatic rings. The molecule has 0 bridgehead atoms. The minimum Gasteiger partial charge on any atom is -0.366 e. The predicted octanol–water partition coefficient (Wildman–Crippen LogP) is 3.71. The van der Waals surface area contributed by atoms with Crippen LogP contribution in [0.3, 0.4) is 0 Å². The summed E-state index contributed by atoms with van der Waals surface area (Å²) in [6.07, 6.45) is 2.36. The minimum atomic E-state index is -0.203. The van der Waals surface area contributed by atoms with Gasteiger partial charge in [0.05, 0.1) is 11.2 Å². The molecule has 0 radical (unpaired) electrons. The number of aromatic nitrogens is 2. The van der Waals surface area contributed by atoms with Gasteiger partial charge in [0.15, 0.2) is 0 Å². The number of nitrogens with zero attached hydrogens (tertiary/aromatic N) is 3. The maximum absolute atomic E-state index is 6.34. The van der Waals surface area contributed by atoms with Gasteiger partial charge in [-0.3, -0.25) is 0 Å². The molecule has 1 aliphatic heterocycles. The SMILES string of the molecule is Cc1c(Cl)nc(C2CC2)nc1N1CC(C)(C)OC(C)(C)C1. The van der Waals surface area contributed by atoms with Gasteiger partial charge in [-0.25, -0.2) is 9.97 Å². The van der Waals surface area contributed by atoms with Crippen LogP contribution >= 0.6 is 11.6 Å². The third-order valence-corrected chi connectivity index (χ3v) is 4.38. The number of rotatable bonds is 2. The zero-order valence-corrected chi connectivity index (χ0v) is 14.3. The van der Waals surface area contributed by atoms with E-state index in [1.54, 1.807) is 0 Å². The first-order chi connectivity index (χ1) is 9.67. The summed E-state index contributed by atoms with van der Waals surface area (Å²) in [6, 6.07) is 0. The fourth-order valence-electron chi connectivity index (χ4n) is 3.26. The quantitative estimate of drug-likeness (QED) is 0.781. The van der Waals surface area contributed by atoms with E-state index in [-0.39, 0.29) is 11.2 Å². The first-order valence-corrected chi connectivity index (χ1v) is 8.04. The Balaban J connectivity index is 1.98. The standard InChI is InChI=1S/C16H24ClN3O/c1-10-12(17)18-13(11-6-7-11)19-14(10)20-8-15(2,3)21-16(4,5)9-20/h11H,6-9H2,1-5H3. The van der Waals surface area contributed by atoms with Gasteiger partial charge in [-0.2, -0.15) is 0 Å². The molecule has 3 rings (SSSR count). The lowest BCUT2D eigenvalue weighted by molar-refractivity contribution is -0.133. The van der Waals surface area contributed by atoms with Crippen molar-refractivity contribution in [1.29, 1.82) is 0 Å². The van der Waals surface area contributed by atoms with Crippen LogP contribution in [0.5, 0.6) is 0 Å². The van der Waals surface area contributed by atoms with Crippen molar-refractivity contribution in [3.05, 3.63) is 16.5 Å². The second-order valence-electron chi connectivity index (χ2n) is 7.57. The van der Waals surface area contributed by atoms with Crippen LogP contribution in [0.2, 0.25) is 5.15 Å². The molecular formula is C16H24ClN3O. The summed E-state index contributed by atoms with van der Waals surface area (Å²) < 4.78 is 6.15. The molecule has 21 heavy (non-hydrogen) atoms. The molecule has 0 amide bonds. The maximum Gasteiger partial charge on any atom is 0.137 e. The second-order valence-corrected chi connectivity index (χ2v) is 7.93. The summed E-state index contributed by atoms with van der Waals surface area (Å²) >= 11 is 6.34. The average Bonchev–Trinajstić information content (AvgIpc) is 3.12. The lowest BCUT2D eigenvalue weighted by Crippen LogP contribution is -2.57. The highest BCUT2D eigenvalue weighted by atomic mass is 35.5. The van der Waals surface area contributed by atoms with Gasteiger partial charge in [0.1, 0.15) is 16.8 Å². The molecule has 116 valence electrons. The summed E-state index contributed by atoms with van der Waals surface area (Å²) in [6.45, 7) is 12.1. The fraction of sp³-hybridized carbons (Fsp3) is 0.750. The van der Waals surface area contributed by atoms with Crippen molar-refractivity contribution in [2.45, 2.75) is 64.6 Å². The third kappa shape index (κ3) is 3.16. The van der Waals surface area contributed by atoms with Crippen LogP contribution in [0.25, 0.3) is 0 Å². The van der Waals surface area contributed by atoms with Gasteiger partial charge >= 0.3 is 0 Å². The first kappa shape index (κ1) is 15.0. The van der Waals surface area contributed by atoms with Crippen LogP contribution in [0, 0.1) is 6.92 Å². The molecule has 2 heterocycles. The van der Waals surface area contributed by atoms with Gasteiger partial charge in [0.2, 0.25) is 0 Å². The van der Waals surface area contributed by atoms with E-state index in [0.717, 1.165) is 30.3 Å². The smallest absolute Gasteiger partial charge is 0.137 e. The van der Waals surface area contributed by atoms with E-state index in [1.807, 2.05) is 6.92 Å². The summed E-state index contributed by atoms with van der Waals surface area (Å²) in [5.74, 6) is 2.38. The highest BCUT2D eigenvalue weighted by Crippen LogP contribution is 2.41. The van der Waals surface area contributed by atoms with E-state index < -0.39 is 0 Å². The monoisotopic (exact) mass is 309 g/mol. The number of ether oxygens (including phenoxy) is 1. The zero-order valence-electron chi connectivity index (χ0n) is 13.5. The highest BCUT2D eigenvalue weighted by molar-refractivity contribution is 6.30. The Hall–Kier alpha value is -0.870. The van der Waals surface area contributed by atoms with E-state index >= 15 is 0 Å². The Morgan fingerprint density at radius 1 is 1.10 bits per heavy atom. The highest BCUT2D eigenvalue weighted by Gasteiger charge is 2.39. The molecule has 0 spiro atoms. The lowest BCUT2D eigenvalue weighted by Gasteiger charge is -2.48. The average molecular weight is 310 g/mol. The van der Waals surface area contributed by atoms with Crippen LogP contribution in [0.1, 0.15) is 57.8 Å². The Morgan fingerprint density at radius 3 is 2.19 bits per heavy atom. The van der Waals surface area contributed by atoms with E-state index in [2.05, 4.69) is 37.6 Å². The van der Waals surface area contributed by atoms with Crippen LogP contribution < -0.4 is 4.90 Å². The zero-order chi connectivity index (χ0) is 15.4. The number of anilines is 1. The van der Waals surface area contributed by atoms with E-state index in [9.17, 15) is 0 Å². The Morgan fingerprint density at radius 2 is 1.67 bits per heavy atom. The van der Waals surface area contributed by atoms with Crippen molar-refractivity contribution >= 4 is 17.4 Å². The largest absolute Gasteiger partial charge is 0.366 e. The Kier molecular flexibility index (Phi) is 3.45. The fourth-order valence-corrected chi connectivity index (χ4v) is 3.43. The summed E-state index contributed by atoms with van der Waals surface area (Å²) in [4.78, 5) is 11.6. The van der Waals surface area contributed by atoms with E-state index in [4.69, 9.17) is 21.3 Å². The van der Waals surface area contributed by atoms with E-state index in [0.29, 0.717) is 11.1 Å². The third-order valence-electron chi connectivity index (χ3n) is 4.02. The number of hydrogen-bond acceptors (Lipinski definition) is 4.